The standard InChI is InChI=1S/C9H14N6O2/c1-6(16)11-2-3-12-9(17)7-4-14-8(15-10)5-13-7/h4-5H,2-3,10H2,1H3,(H,11,16)(H,12,17)(H,14,15). The van der Waals surface area contributed by atoms with E-state index in [-0.39, 0.29) is 17.5 Å². The molecule has 0 atom stereocenters. The summed E-state index contributed by atoms with van der Waals surface area (Å²) in [7, 11) is 0. The summed E-state index contributed by atoms with van der Waals surface area (Å²) in [5.74, 6) is 4.99. The number of carbonyl (C=O) groups excluding carboxylic acids is 2. The van der Waals surface area contributed by atoms with Crippen molar-refractivity contribution in [2.45, 2.75) is 6.92 Å². The maximum absolute atomic E-state index is 11.5. The molecule has 0 aliphatic rings. The van der Waals surface area contributed by atoms with Crippen LogP contribution < -0.4 is 21.9 Å². The molecule has 0 unspecified atom stereocenters. The van der Waals surface area contributed by atoms with Gasteiger partial charge in [0.2, 0.25) is 5.91 Å². The van der Waals surface area contributed by atoms with Crippen molar-refractivity contribution in [1.82, 2.24) is 20.6 Å². The van der Waals surface area contributed by atoms with E-state index in [1.807, 2.05) is 0 Å². The summed E-state index contributed by atoms with van der Waals surface area (Å²) in [4.78, 5) is 29.8. The third kappa shape index (κ3) is 4.43. The Morgan fingerprint density at radius 1 is 1.24 bits per heavy atom. The van der Waals surface area contributed by atoms with E-state index in [1.54, 1.807) is 0 Å². The molecule has 8 nitrogen and oxygen atoms in total. The highest BCUT2D eigenvalue weighted by atomic mass is 16.2. The lowest BCUT2D eigenvalue weighted by Gasteiger charge is -2.05. The van der Waals surface area contributed by atoms with Crippen LogP contribution in [0.1, 0.15) is 17.4 Å². The van der Waals surface area contributed by atoms with Crippen LogP contribution in [0.15, 0.2) is 12.4 Å². The van der Waals surface area contributed by atoms with E-state index >= 15 is 0 Å². The average Bonchev–Trinajstić information content (AvgIpc) is 2.34. The molecule has 5 N–H and O–H groups in total. The number of aromatic nitrogens is 2. The van der Waals surface area contributed by atoms with Gasteiger partial charge in [-0.05, 0) is 0 Å². The highest BCUT2D eigenvalue weighted by Crippen LogP contribution is 1.98. The Balaban J connectivity index is 2.38. The molecule has 1 aromatic rings. The second-order valence-corrected chi connectivity index (χ2v) is 3.17. The summed E-state index contributed by atoms with van der Waals surface area (Å²) in [5.41, 5.74) is 2.49. The lowest BCUT2D eigenvalue weighted by atomic mass is 10.4. The number of hydrazine groups is 1. The first-order chi connectivity index (χ1) is 8.13. The molecule has 0 saturated carbocycles. The zero-order chi connectivity index (χ0) is 12.7. The van der Waals surface area contributed by atoms with Crippen molar-refractivity contribution in [3.63, 3.8) is 0 Å². The van der Waals surface area contributed by atoms with Crippen LogP contribution in [0.4, 0.5) is 5.82 Å². The van der Waals surface area contributed by atoms with Gasteiger partial charge in [-0.2, -0.15) is 0 Å². The largest absolute Gasteiger partial charge is 0.355 e. The second-order valence-electron chi connectivity index (χ2n) is 3.17. The molecule has 17 heavy (non-hydrogen) atoms. The molecule has 0 bridgehead atoms. The molecule has 1 aromatic heterocycles. The second kappa shape index (κ2) is 6.38. The van der Waals surface area contributed by atoms with Gasteiger partial charge in [0.25, 0.3) is 5.91 Å². The molecule has 0 fully saturated rings. The molecule has 0 aliphatic carbocycles. The lowest BCUT2D eigenvalue weighted by Crippen LogP contribution is -2.34. The van der Waals surface area contributed by atoms with Crippen LogP contribution in [0.3, 0.4) is 0 Å². The fourth-order valence-electron chi connectivity index (χ4n) is 1.02. The highest BCUT2D eigenvalue weighted by Gasteiger charge is 2.06. The van der Waals surface area contributed by atoms with Gasteiger partial charge in [0.1, 0.15) is 5.69 Å². The topological polar surface area (TPSA) is 122 Å². The Morgan fingerprint density at radius 2 is 1.94 bits per heavy atom. The van der Waals surface area contributed by atoms with Crippen LogP contribution >= 0.6 is 0 Å². The van der Waals surface area contributed by atoms with Crippen molar-refractivity contribution in [2.75, 3.05) is 18.5 Å². The molecule has 92 valence electrons. The van der Waals surface area contributed by atoms with Crippen LogP contribution in [-0.2, 0) is 4.79 Å². The van der Waals surface area contributed by atoms with E-state index in [4.69, 9.17) is 5.84 Å². The smallest absolute Gasteiger partial charge is 0.271 e. The number of nitrogens with two attached hydrogens (primary N) is 1. The summed E-state index contributed by atoms with van der Waals surface area (Å²) < 4.78 is 0. The number of nitrogen functional groups attached to an aromatic ring is 1. The molecule has 0 aromatic carbocycles. The van der Waals surface area contributed by atoms with Gasteiger partial charge in [0.15, 0.2) is 5.82 Å². The number of carbonyl (C=O) groups is 2. The summed E-state index contributed by atoms with van der Waals surface area (Å²) in [5, 5.41) is 5.14. The predicted octanol–water partition coefficient (Wildman–Crippen LogP) is -1.37. The molecule has 2 amide bonds. The first-order valence-corrected chi connectivity index (χ1v) is 4.94. The highest BCUT2D eigenvalue weighted by molar-refractivity contribution is 5.92. The van der Waals surface area contributed by atoms with Gasteiger partial charge >= 0.3 is 0 Å². The summed E-state index contributed by atoms with van der Waals surface area (Å²) >= 11 is 0. The van der Waals surface area contributed by atoms with E-state index in [9.17, 15) is 9.59 Å². The van der Waals surface area contributed by atoms with E-state index < -0.39 is 0 Å². The zero-order valence-electron chi connectivity index (χ0n) is 9.36. The summed E-state index contributed by atoms with van der Waals surface area (Å²) in [6.45, 7) is 2.11. The maximum atomic E-state index is 11.5. The Morgan fingerprint density at radius 3 is 2.47 bits per heavy atom. The third-order valence-corrected chi connectivity index (χ3v) is 1.82. The Kier molecular flexibility index (Phi) is 4.82. The SMILES string of the molecule is CC(=O)NCCNC(=O)c1cnc(NN)cn1. The first-order valence-electron chi connectivity index (χ1n) is 4.94. The first kappa shape index (κ1) is 12.8. The zero-order valence-corrected chi connectivity index (χ0v) is 9.36. The van der Waals surface area contributed by atoms with Gasteiger partial charge in [0.05, 0.1) is 12.4 Å². The maximum Gasteiger partial charge on any atom is 0.271 e. The number of amides is 2. The van der Waals surface area contributed by atoms with Crippen molar-refractivity contribution in [2.24, 2.45) is 5.84 Å². The number of hydrogen-bond acceptors (Lipinski definition) is 6. The lowest BCUT2D eigenvalue weighted by molar-refractivity contribution is -0.118. The molecular formula is C9H14N6O2. The molecule has 1 heterocycles. The van der Waals surface area contributed by atoms with E-state index in [2.05, 4.69) is 26.0 Å². The fourth-order valence-corrected chi connectivity index (χ4v) is 1.02. The molecule has 1 rings (SSSR count). The Labute approximate surface area is 98.0 Å². The van der Waals surface area contributed by atoms with E-state index in [0.717, 1.165) is 0 Å². The normalized spacial score (nSPS) is 9.53. The minimum Gasteiger partial charge on any atom is -0.355 e. The molecule has 0 saturated heterocycles. The third-order valence-electron chi connectivity index (χ3n) is 1.82. The van der Waals surface area contributed by atoms with Crippen molar-refractivity contribution < 1.29 is 9.59 Å². The quantitative estimate of drug-likeness (QED) is 0.285. The molecule has 0 aliphatic heterocycles. The van der Waals surface area contributed by atoms with Gasteiger partial charge in [0, 0.05) is 20.0 Å². The molecular weight excluding hydrogens is 224 g/mol. The minimum atomic E-state index is -0.355. The van der Waals surface area contributed by atoms with E-state index in [1.165, 1.54) is 19.3 Å². The monoisotopic (exact) mass is 238 g/mol. The molecule has 0 radical (unpaired) electrons. The van der Waals surface area contributed by atoms with Crippen molar-refractivity contribution in [3.05, 3.63) is 18.1 Å². The molecule has 8 heteroatoms. The Bertz CT molecular complexity index is 391. The van der Waals surface area contributed by atoms with Gasteiger partial charge in [-0.25, -0.2) is 15.8 Å². The fraction of sp³-hybridized carbons (Fsp3) is 0.333. The van der Waals surface area contributed by atoms with E-state index in [0.29, 0.717) is 18.9 Å². The number of rotatable bonds is 5. The number of nitrogens with zero attached hydrogens (tertiary/aromatic N) is 2. The van der Waals surface area contributed by atoms with Gasteiger partial charge < -0.3 is 16.1 Å². The van der Waals surface area contributed by atoms with Gasteiger partial charge in [-0.15, -0.1) is 0 Å². The predicted molar refractivity (Wildman–Crippen MR) is 60.9 cm³/mol. The molecule has 0 spiro atoms. The van der Waals surface area contributed by atoms with Gasteiger partial charge in [-0.1, -0.05) is 0 Å². The van der Waals surface area contributed by atoms with Crippen LogP contribution in [0.25, 0.3) is 0 Å². The van der Waals surface area contributed by atoms with Crippen LogP contribution in [-0.4, -0.2) is 34.9 Å². The van der Waals surface area contributed by atoms with Crippen molar-refractivity contribution in [3.8, 4) is 0 Å². The van der Waals surface area contributed by atoms with Crippen molar-refractivity contribution in [1.29, 1.82) is 0 Å². The van der Waals surface area contributed by atoms with Gasteiger partial charge in [-0.3, -0.25) is 9.59 Å². The average molecular weight is 238 g/mol. The minimum absolute atomic E-state index is 0.141. The number of nitrogens with one attached hydrogen (secondary N) is 3. The van der Waals surface area contributed by atoms with Crippen LogP contribution in [0.2, 0.25) is 0 Å². The number of anilines is 1. The van der Waals surface area contributed by atoms with Crippen LogP contribution in [0.5, 0.6) is 0 Å². The Hall–Kier alpha value is -2.22. The summed E-state index contributed by atoms with van der Waals surface area (Å²) in [6.07, 6.45) is 2.66. The van der Waals surface area contributed by atoms with Crippen LogP contribution in [0, 0.1) is 0 Å². The summed E-state index contributed by atoms with van der Waals surface area (Å²) in [6, 6.07) is 0. The number of hydrogen-bond donors (Lipinski definition) is 4. The van der Waals surface area contributed by atoms with Crippen molar-refractivity contribution >= 4 is 17.6 Å².